The second kappa shape index (κ2) is 7.38. The summed E-state index contributed by atoms with van der Waals surface area (Å²) in [5.74, 6) is -0.399. The van der Waals surface area contributed by atoms with Crippen molar-refractivity contribution in [3.05, 3.63) is 87.1 Å². The third-order valence-corrected chi connectivity index (χ3v) is 4.40. The lowest BCUT2D eigenvalue weighted by Gasteiger charge is -2.02. The van der Waals surface area contributed by atoms with Gasteiger partial charge in [0.25, 0.3) is 5.91 Å². The van der Waals surface area contributed by atoms with Gasteiger partial charge in [0.1, 0.15) is 0 Å². The first-order chi connectivity index (χ1) is 11.6. The summed E-state index contributed by atoms with van der Waals surface area (Å²) in [6.07, 6.45) is 1.75. The predicted octanol–water partition coefficient (Wildman–Crippen LogP) is 3.83. The molecule has 0 aliphatic heterocycles. The number of amides is 1. The molecule has 0 unspecified atom stereocenters. The summed E-state index contributed by atoms with van der Waals surface area (Å²) in [7, 11) is 0. The Bertz CT molecular complexity index is 927. The molecule has 0 saturated carbocycles. The number of carbonyl (C=O) groups excluding carboxylic acids is 2. The number of rotatable bonds is 4. The lowest BCUT2D eigenvalue weighted by molar-refractivity contribution is 0.0963. The third kappa shape index (κ3) is 3.88. The van der Waals surface area contributed by atoms with E-state index >= 15 is 0 Å². The van der Waals surface area contributed by atoms with Gasteiger partial charge in [0.05, 0.1) is 6.54 Å². The molecule has 0 spiro atoms. The Morgan fingerprint density at radius 3 is 2.42 bits per heavy atom. The number of nitrogens with zero attached hydrogens (tertiary/aromatic N) is 2. The van der Waals surface area contributed by atoms with E-state index in [1.165, 1.54) is 11.3 Å². The van der Waals surface area contributed by atoms with Crippen LogP contribution in [0.15, 0.2) is 71.2 Å². The molecule has 6 heteroatoms. The summed E-state index contributed by atoms with van der Waals surface area (Å²) >= 11 is 7.13. The molecule has 0 radical (unpaired) electrons. The number of ketones is 1. The van der Waals surface area contributed by atoms with Gasteiger partial charge in [-0.15, -0.1) is 11.3 Å². The lowest BCUT2D eigenvalue weighted by atomic mass is 10.1. The van der Waals surface area contributed by atoms with Crippen molar-refractivity contribution in [2.24, 2.45) is 4.99 Å². The fourth-order valence-corrected chi connectivity index (χ4v) is 2.97. The highest BCUT2D eigenvalue weighted by atomic mass is 35.5. The Labute approximate surface area is 147 Å². The zero-order chi connectivity index (χ0) is 16.9. The number of carbonyl (C=O) groups is 2. The maximum Gasteiger partial charge on any atom is 0.279 e. The van der Waals surface area contributed by atoms with Gasteiger partial charge in [-0.25, -0.2) is 0 Å². The van der Waals surface area contributed by atoms with E-state index in [9.17, 15) is 9.59 Å². The van der Waals surface area contributed by atoms with Crippen LogP contribution in [0.3, 0.4) is 0 Å². The summed E-state index contributed by atoms with van der Waals surface area (Å²) in [5, 5.41) is 2.36. The Morgan fingerprint density at radius 1 is 1.00 bits per heavy atom. The van der Waals surface area contributed by atoms with E-state index in [-0.39, 0.29) is 18.2 Å². The van der Waals surface area contributed by atoms with Gasteiger partial charge in [0.2, 0.25) is 0 Å². The normalized spacial score (nSPS) is 11.5. The molecule has 0 aliphatic carbocycles. The molecule has 2 aromatic carbocycles. The smallest absolute Gasteiger partial charge is 0.279 e. The fraction of sp³-hybridized carbons (Fsp3) is 0.0556. The monoisotopic (exact) mass is 356 g/mol. The molecule has 0 N–H and O–H groups in total. The zero-order valence-electron chi connectivity index (χ0n) is 12.6. The van der Waals surface area contributed by atoms with Crippen LogP contribution in [-0.2, 0) is 6.54 Å². The Kier molecular flexibility index (Phi) is 5.03. The summed E-state index contributed by atoms with van der Waals surface area (Å²) in [6, 6.07) is 15.6. The highest BCUT2D eigenvalue weighted by Crippen LogP contribution is 2.10. The number of hydrogen-bond acceptors (Lipinski definition) is 3. The van der Waals surface area contributed by atoms with E-state index in [0.29, 0.717) is 21.0 Å². The average molecular weight is 357 g/mol. The van der Waals surface area contributed by atoms with Crippen molar-refractivity contribution in [1.29, 1.82) is 0 Å². The molecule has 0 saturated heterocycles. The van der Waals surface area contributed by atoms with E-state index in [1.54, 1.807) is 52.5 Å². The highest BCUT2D eigenvalue weighted by molar-refractivity contribution is 7.07. The summed E-state index contributed by atoms with van der Waals surface area (Å²) in [4.78, 5) is 29.1. The van der Waals surface area contributed by atoms with Gasteiger partial charge in [0, 0.05) is 27.7 Å². The molecule has 24 heavy (non-hydrogen) atoms. The van der Waals surface area contributed by atoms with Gasteiger partial charge in [-0.2, -0.15) is 4.99 Å². The molecular formula is C18H13ClN2O2S. The van der Waals surface area contributed by atoms with Crippen LogP contribution in [0.4, 0.5) is 0 Å². The summed E-state index contributed by atoms with van der Waals surface area (Å²) in [6.45, 7) is 0.139. The molecule has 120 valence electrons. The third-order valence-electron chi connectivity index (χ3n) is 3.36. The Balaban J connectivity index is 1.83. The second-order valence-corrected chi connectivity index (χ2v) is 6.34. The predicted molar refractivity (Wildman–Crippen MR) is 94.4 cm³/mol. The van der Waals surface area contributed by atoms with E-state index in [4.69, 9.17) is 11.6 Å². The van der Waals surface area contributed by atoms with Gasteiger partial charge in [0.15, 0.2) is 10.6 Å². The van der Waals surface area contributed by atoms with E-state index in [2.05, 4.69) is 4.99 Å². The maximum absolute atomic E-state index is 12.3. The number of halogens is 1. The van der Waals surface area contributed by atoms with Gasteiger partial charge in [-0.05, 0) is 24.3 Å². The van der Waals surface area contributed by atoms with Crippen molar-refractivity contribution < 1.29 is 9.59 Å². The van der Waals surface area contributed by atoms with E-state index < -0.39 is 0 Å². The first-order valence-corrected chi connectivity index (χ1v) is 8.46. The molecule has 0 atom stereocenters. The molecule has 3 aromatic rings. The van der Waals surface area contributed by atoms with Crippen LogP contribution in [-0.4, -0.2) is 16.3 Å². The maximum atomic E-state index is 12.3. The van der Waals surface area contributed by atoms with Crippen molar-refractivity contribution in [1.82, 2.24) is 4.57 Å². The largest absolute Gasteiger partial charge is 0.316 e. The van der Waals surface area contributed by atoms with Crippen molar-refractivity contribution >= 4 is 34.6 Å². The first-order valence-electron chi connectivity index (χ1n) is 7.20. The zero-order valence-corrected chi connectivity index (χ0v) is 14.1. The second-order valence-electron chi connectivity index (χ2n) is 5.03. The quantitative estimate of drug-likeness (QED) is 0.667. The van der Waals surface area contributed by atoms with E-state index in [1.807, 2.05) is 18.2 Å². The van der Waals surface area contributed by atoms with Crippen LogP contribution in [0.2, 0.25) is 5.02 Å². The Hall–Kier alpha value is -2.50. The molecule has 1 amide bonds. The molecule has 3 rings (SSSR count). The van der Waals surface area contributed by atoms with Crippen molar-refractivity contribution in [2.45, 2.75) is 6.54 Å². The SMILES string of the molecule is O=C(Cn1ccsc1=NC(=O)c1ccc(Cl)cc1)c1ccccc1. The Morgan fingerprint density at radius 2 is 1.71 bits per heavy atom. The van der Waals surface area contributed by atoms with Crippen LogP contribution >= 0.6 is 22.9 Å². The number of Topliss-reactive ketones (excluding diaryl/α,β-unsaturated/α-hetero) is 1. The van der Waals surface area contributed by atoms with Crippen LogP contribution < -0.4 is 4.80 Å². The molecular weight excluding hydrogens is 344 g/mol. The summed E-state index contributed by atoms with van der Waals surface area (Å²) in [5.41, 5.74) is 1.08. The van der Waals surface area contributed by atoms with Crippen LogP contribution in [0.1, 0.15) is 20.7 Å². The fourth-order valence-electron chi connectivity index (χ4n) is 2.12. The number of hydrogen-bond donors (Lipinski definition) is 0. The molecule has 0 bridgehead atoms. The van der Waals surface area contributed by atoms with E-state index in [0.717, 1.165) is 0 Å². The minimum absolute atomic E-state index is 0.0330. The van der Waals surface area contributed by atoms with Crippen LogP contribution in [0.5, 0.6) is 0 Å². The number of aromatic nitrogens is 1. The van der Waals surface area contributed by atoms with Crippen LogP contribution in [0.25, 0.3) is 0 Å². The molecule has 0 fully saturated rings. The number of benzene rings is 2. The van der Waals surface area contributed by atoms with Gasteiger partial charge < -0.3 is 4.57 Å². The van der Waals surface area contributed by atoms with Crippen molar-refractivity contribution in [3.63, 3.8) is 0 Å². The van der Waals surface area contributed by atoms with Gasteiger partial charge in [-0.3, -0.25) is 9.59 Å². The van der Waals surface area contributed by atoms with Gasteiger partial charge in [-0.1, -0.05) is 41.9 Å². The molecule has 1 heterocycles. The molecule has 4 nitrogen and oxygen atoms in total. The lowest BCUT2D eigenvalue weighted by Crippen LogP contribution is -2.21. The van der Waals surface area contributed by atoms with Crippen molar-refractivity contribution in [2.75, 3.05) is 0 Å². The molecule has 0 aliphatic rings. The average Bonchev–Trinajstić information content (AvgIpc) is 3.03. The first kappa shape index (κ1) is 16.4. The minimum Gasteiger partial charge on any atom is -0.316 e. The van der Waals surface area contributed by atoms with Crippen molar-refractivity contribution in [3.8, 4) is 0 Å². The summed E-state index contributed by atoms with van der Waals surface area (Å²) < 4.78 is 1.67. The minimum atomic E-state index is -0.366. The standard InChI is InChI=1S/C18H13ClN2O2S/c19-15-8-6-14(7-9-15)17(23)20-18-21(10-11-24-18)12-16(22)13-4-2-1-3-5-13/h1-11H,12H2. The van der Waals surface area contributed by atoms with Gasteiger partial charge >= 0.3 is 0 Å². The topological polar surface area (TPSA) is 51.4 Å². The number of thiazole rings is 1. The van der Waals surface area contributed by atoms with Crippen LogP contribution in [0, 0.1) is 0 Å². The highest BCUT2D eigenvalue weighted by Gasteiger charge is 2.09. The molecule has 1 aromatic heterocycles.